The van der Waals surface area contributed by atoms with Crippen LogP contribution in [0.3, 0.4) is 0 Å². The summed E-state index contributed by atoms with van der Waals surface area (Å²) < 4.78 is 38.4. The smallest absolute Gasteiger partial charge is 0.356 e. The summed E-state index contributed by atoms with van der Waals surface area (Å²) in [5.74, 6) is 6.39. The SMILES string of the molecule is CCNC(=NCC#Cc1cccc(C(F)(F)F)c1)N1CCN(CC(=O)NC2CC2)CC1. The number of nitrogens with zero attached hydrogens (tertiary/aromatic N) is 3. The summed E-state index contributed by atoms with van der Waals surface area (Å²) in [5, 5.41) is 6.24. The minimum Gasteiger partial charge on any atom is -0.356 e. The van der Waals surface area contributed by atoms with Crippen molar-refractivity contribution < 1.29 is 18.0 Å². The van der Waals surface area contributed by atoms with Gasteiger partial charge in [0.1, 0.15) is 6.54 Å². The molecule has 6 nitrogen and oxygen atoms in total. The maximum Gasteiger partial charge on any atom is 0.416 e. The van der Waals surface area contributed by atoms with Gasteiger partial charge in [-0.1, -0.05) is 17.9 Å². The van der Waals surface area contributed by atoms with Crippen molar-refractivity contribution in [2.75, 3.05) is 45.8 Å². The van der Waals surface area contributed by atoms with Gasteiger partial charge < -0.3 is 15.5 Å². The maximum atomic E-state index is 12.8. The number of benzene rings is 1. The Morgan fingerprint density at radius 3 is 2.61 bits per heavy atom. The number of hydrogen-bond donors (Lipinski definition) is 2. The lowest BCUT2D eigenvalue weighted by Crippen LogP contribution is -2.54. The predicted octanol–water partition coefficient (Wildman–Crippen LogP) is 1.92. The lowest BCUT2D eigenvalue weighted by molar-refractivity contribution is -0.137. The standard InChI is InChI=1S/C22H28F3N5O/c1-2-26-21(27-10-4-6-17-5-3-7-18(15-17)22(23,24)25)30-13-11-29(12-14-30)16-20(31)28-19-8-9-19/h3,5,7,15,19H,2,8-14,16H2,1H3,(H,26,27)(H,28,31). The Morgan fingerprint density at radius 2 is 1.97 bits per heavy atom. The summed E-state index contributed by atoms with van der Waals surface area (Å²) >= 11 is 0. The van der Waals surface area contributed by atoms with E-state index in [2.05, 4.69) is 37.3 Å². The Hall–Kier alpha value is -2.73. The summed E-state index contributed by atoms with van der Waals surface area (Å²) in [6.45, 7) is 6.28. The van der Waals surface area contributed by atoms with E-state index < -0.39 is 11.7 Å². The van der Waals surface area contributed by atoms with E-state index in [0.29, 0.717) is 24.7 Å². The van der Waals surface area contributed by atoms with Crippen LogP contribution in [0.25, 0.3) is 0 Å². The molecule has 0 spiro atoms. The zero-order valence-corrected chi connectivity index (χ0v) is 17.6. The largest absolute Gasteiger partial charge is 0.416 e. The first-order valence-corrected chi connectivity index (χ1v) is 10.6. The lowest BCUT2D eigenvalue weighted by Gasteiger charge is -2.36. The van der Waals surface area contributed by atoms with Crippen molar-refractivity contribution in [3.63, 3.8) is 0 Å². The molecule has 0 unspecified atom stereocenters. The van der Waals surface area contributed by atoms with E-state index in [-0.39, 0.29) is 12.5 Å². The third-order valence-corrected chi connectivity index (χ3v) is 5.05. The van der Waals surface area contributed by atoms with Crippen LogP contribution in [-0.2, 0) is 11.0 Å². The molecule has 1 amide bonds. The molecule has 1 aromatic carbocycles. The minimum absolute atomic E-state index is 0.0846. The first kappa shape index (κ1) is 22.9. The second-order valence-corrected chi connectivity index (χ2v) is 7.66. The number of guanidine groups is 1. The number of hydrogen-bond acceptors (Lipinski definition) is 3. The fourth-order valence-electron chi connectivity index (χ4n) is 3.28. The van der Waals surface area contributed by atoms with Crippen LogP contribution >= 0.6 is 0 Å². The Morgan fingerprint density at radius 1 is 1.23 bits per heavy atom. The molecule has 1 aliphatic heterocycles. The molecule has 1 saturated carbocycles. The van der Waals surface area contributed by atoms with E-state index >= 15 is 0 Å². The van der Waals surface area contributed by atoms with Crippen molar-refractivity contribution in [2.24, 2.45) is 4.99 Å². The second kappa shape index (κ2) is 10.5. The first-order chi connectivity index (χ1) is 14.8. The third-order valence-electron chi connectivity index (χ3n) is 5.05. The number of halogens is 3. The molecule has 168 valence electrons. The maximum absolute atomic E-state index is 12.8. The van der Waals surface area contributed by atoms with Crippen LogP contribution in [0.15, 0.2) is 29.3 Å². The molecule has 2 fully saturated rings. The van der Waals surface area contributed by atoms with Crippen LogP contribution < -0.4 is 10.6 Å². The summed E-state index contributed by atoms with van der Waals surface area (Å²) in [6.07, 6.45) is -2.22. The quantitative estimate of drug-likeness (QED) is 0.422. The van der Waals surface area contributed by atoms with Gasteiger partial charge in [0, 0.05) is 44.3 Å². The average Bonchev–Trinajstić information content (AvgIpc) is 3.54. The molecular weight excluding hydrogens is 407 g/mol. The number of amides is 1. The van der Waals surface area contributed by atoms with Crippen LogP contribution in [-0.4, -0.2) is 73.5 Å². The molecule has 9 heteroatoms. The summed E-state index contributed by atoms with van der Waals surface area (Å²) in [6, 6.07) is 5.35. The average molecular weight is 435 g/mol. The fourth-order valence-corrected chi connectivity index (χ4v) is 3.28. The number of rotatable bonds is 5. The number of carbonyl (C=O) groups is 1. The normalized spacial score (nSPS) is 17.7. The molecule has 0 atom stereocenters. The van der Waals surface area contributed by atoms with Gasteiger partial charge in [-0.25, -0.2) is 4.99 Å². The van der Waals surface area contributed by atoms with Gasteiger partial charge in [0.05, 0.1) is 12.1 Å². The van der Waals surface area contributed by atoms with Crippen molar-refractivity contribution in [1.29, 1.82) is 0 Å². The van der Waals surface area contributed by atoms with E-state index in [1.165, 1.54) is 6.07 Å². The van der Waals surface area contributed by atoms with Gasteiger partial charge in [0.15, 0.2) is 5.96 Å². The van der Waals surface area contributed by atoms with Crippen LogP contribution in [0.2, 0.25) is 0 Å². The molecule has 0 aromatic heterocycles. The Kier molecular flexibility index (Phi) is 7.80. The molecule has 1 aromatic rings. The molecule has 3 rings (SSSR count). The number of carbonyl (C=O) groups excluding carboxylic acids is 1. The van der Waals surface area contributed by atoms with Gasteiger partial charge in [-0.05, 0) is 38.0 Å². The highest BCUT2D eigenvalue weighted by Gasteiger charge is 2.30. The lowest BCUT2D eigenvalue weighted by atomic mass is 10.1. The first-order valence-electron chi connectivity index (χ1n) is 10.6. The highest BCUT2D eigenvalue weighted by atomic mass is 19.4. The molecule has 31 heavy (non-hydrogen) atoms. The van der Waals surface area contributed by atoms with Crippen molar-refractivity contribution >= 4 is 11.9 Å². The van der Waals surface area contributed by atoms with Crippen LogP contribution in [0.4, 0.5) is 13.2 Å². The topological polar surface area (TPSA) is 60.0 Å². The molecule has 1 aliphatic carbocycles. The highest BCUT2D eigenvalue weighted by molar-refractivity contribution is 5.80. The fraction of sp³-hybridized carbons (Fsp3) is 0.545. The minimum atomic E-state index is -4.38. The third kappa shape index (κ3) is 7.47. The van der Waals surface area contributed by atoms with E-state index in [9.17, 15) is 18.0 Å². The molecule has 1 heterocycles. The number of nitrogens with one attached hydrogen (secondary N) is 2. The van der Waals surface area contributed by atoms with Crippen molar-refractivity contribution in [1.82, 2.24) is 20.4 Å². The van der Waals surface area contributed by atoms with Crippen molar-refractivity contribution in [3.8, 4) is 11.8 Å². The number of alkyl halides is 3. The molecule has 2 aliphatic rings. The molecular formula is C22H28F3N5O. The van der Waals surface area contributed by atoms with Crippen molar-refractivity contribution in [3.05, 3.63) is 35.4 Å². The van der Waals surface area contributed by atoms with Gasteiger partial charge >= 0.3 is 6.18 Å². The summed E-state index contributed by atoms with van der Waals surface area (Å²) in [4.78, 5) is 20.7. The van der Waals surface area contributed by atoms with Gasteiger partial charge in [0.2, 0.25) is 5.91 Å². The van der Waals surface area contributed by atoms with Gasteiger partial charge in [-0.3, -0.25) is 9.69 Å². The Bertz CT molecular complexity index is 847. The van der Waals surface area contributed by atoms with Gasteiger partial charge in [-0.15, -0.1) is 0 Å². The van der Waals surface area contributed by atoms with E-state index in [4.69, 9.17) is 0 Å². The van der Waals surface area contributed by atoms with Crippen LogP contribution in [0, 0.1) is 11.8 Å². The van der Waals surface area contributed by atoms with Crippen molar-refractivity contribution in [2.45, 2.75) is 32.0 Å². The Labute approximate surface area is 180 Å². The number of piperazine rings is 1. The van der Waals surface area contributed by atoms with E-state index in [1.807, 2.05) is 6.92 Å². The zero-order valence-electron chi connectivity index (χ0n) is 17.6. The molecule has 0 radical (unpaired) electrons. The molecule has 1 saturated heterocycles. The van der Waals surface area contributed by atoms with E-state index in [1.54, 1.807) is 6.07 Å². The monoisotopic (exact) mass is 435 g/mol. The predicted molar refractivity (Wildman–Crippen MR) is 113 cm³/mol. The van der Waals surface area contributed by atoms with E-state index in [0.717, 1.165) is 57.1 Å². The molecule has 2 N–H and O–H groups in total. The van der Waals surface area contributed by atoms with Gasteiger partial charge in [-0.2, -0.15) is 13.2 Å². The summed E-state index contributed by atoms with van der Waals surface area (Å²) in [7, 11) is 0. The highest BCUT2D eigenvalue weighted by Crippen LogP contribution is 2.29. The molecule has 0 bridgehead atoms. The number of aliphatic imine (C=N–C) groups is 1. The van der Waals surface area contributed by atoms with Crippen LogP contribution in [0.5, 0.6) is 0 Å². The van der Waals surface area contributed by atoms with Gasteiger partial charge in [0.25, 0.3) is 0 Å². The van der Waals surface area contributed by atoms with Crippen LogP contribution in [0.1, 0.15) is 30.9 Å². The Balaban J connectivity index is 1.52. The zero-order chi connectivity index (χ0) is 22.3. The second-order valence-electron chi connectivity index (χ2n) is 7.66. The summed E-state index contributed by atoms with van der Waals surface area (Å²) in [5.41, 5.74) is -0.395.